The molecule has 0 aliphatic heterocycles. The van der Waals surface area contributed by atoms with Crippen LogP contribution >= 0.6 is 15.9 Å². The molecule has 1 amide bonds. The van der Waals surface area contributed by atoms with Crippen molar-refractivity contribution in [3.63, 3.8) is 0 Å². The van der Waals surface area contributed by atoms with Crippen LogP contribution in [0.4, 0.5) is 0 Å². The molecule has 0 bridgehead atoms. The Morgan fingerprint density at radius 1 is 1.19 bits per heavy atom. The van der Waals surface area contributed by atoms with E-state index in [2.05, 4.69) is 26.2 Å². The second kappa shape index (κ2) is 9.83. The number of allylic oxidation sites excluding steroid dienone is 1. The van der Waals surface area contributed by atoms with E-state index in [-0.39, 0.29) is 5.91 Å². The minimum absolute atomic E-state index is 0.184. The van der Waals surface area contributed by atoms with Crippen molar-refractivity contribution < 1.29 is 13.9 Å². The van der Waals surface area contributed by atoms with Gasteiger partial charge in [-0.05, 0) is 55.3 Å². The van der Waals surface area contributed by atoms with Gasteiger partial charge in [0.1, 0.15) is 11.3 Å². The quantitative estimate of drug-likeness (QED) is 0.305. The zero-order valence-corrected chi connectivity index (χ0v) is 19.5. The van der Waals surface area contributed by atoms with E-state index in [0.717, 1.165) is 43.4 Å². The summed E-state index contributed by atoms with van der Waals surface area (Å²) in [6.07, 6.45) is 5.05. The van der Waals surface area contributed by atoms with Crippen LogP contribution in [0.5, 0.6) is 5.75 Å². The Hall–Kier alpha value is -3.38. The number of rotatable bonds is 7. The average molecular weight is 491 g/mol. The van der Waals surface area contributed by atoms with Gasteiger partial charge in [-0.3, -0.25) is 9.78 Å². The first-order chi connectivity index (χ1) is 15.5. The Morgan fingerprint density at radius 2 is 2.00 bits per heavy atom. The smallest absolute Gasteiger partial charge is 0.244 e. The molecule has 2 aromatic carbocycles. The first-order valence-electron chi connectivity index (χ1n) is 10.4. The lowest BCUT2D eigenvalue weighted by Gasteiger charge is -2.12. The number of hydrogen-bond donors (Lipinski definition) is 1. The van der Waals surface area contributed by atoms with Crippen molar-refractivity contribution in [1.82, 2.24) is 10.3 Å². The Bertz CT molecular complexity index is 1260. The van der Waals surface area contributed by atoms with Gasteiger partial charge in [0.2, 0.25) is 5.91 Å². The summed E-state index contributed by atoms with van der Waals surface area (Å²) in [7, 11) is 0. The summed E-state index contributed by atoms with van der Waals surface area (Å²) in [5.74, 6) is 0.499. The maximum absolute atomic E-state index is 12.5. The molecule has 0 unspecified atom stereocenters. The molecule has 0 saturated carbocycles. The number of fused-ring (bicyclic) bond motifs is 1. The van der Waals surface area contributed by atoms with E-state index in [9.17, 15) is 4.79 Å². The van der Waals surface area contributed by atoms with Crippen LogP contribution in [-0.4, -0.2) is 17.5 Å². The van der Waals surface area contributed by atoms with Gasteiger partial charge in [0.25, 0.3) is 0 Å². The van der Waals surface area contributed by atoms with Crippen LogP contribution in [0.25, 0.3) is 27.7 Å². The van der Waals surface area contributed by atoms with Gasteiger partial charge in [-0.1, -0.05) is 34.1 Å². The molecule has 5 nitrogen and oxygen atoms in total. The number of halogens is 1. The lowest BCUT2D eigenvalue weighted by Crippen LogP contribution is -2.21. The molecule has 4 aromatic rings. The Kier molecular flexibility index (Phi) is 6.71. The summed E-state index contributed by atoms with van der Waals surface area (Å²) < 4.78 is 12.7. The average Bonchev–Trinajstić information content (AvgIpc) is 3.21. The predicted molar refractivity (Wildman–Crippen MR) is 130 cm³/mol. The summed E-state index contributed by atoms with van der Waals surface area (Å²) in [5.41, 5.74) is 5.24. The second-order valence-corrected chi connectivity index (χ2v) is 8.22. The van der Waals surface area contributed by atoms with Crippen LogP contribution in [0.15, 0.2) is 82.0 Å². The number of amides is 1. The van der Waals surface area contributed by atoms with E-state index in [0.29, 0.717) is 18.9 Å². The number of nitrogens with one attached hydrogen (secondary N) is 1. The zero-order valence-electron chi connectivity index (χ0n) is 17.9. The third kappa shape index (κ3) is 4.92. The molecule has 0 saturated heterocycles. The van der Waals surface area contributed by atoms with E-state index in [1.807, 2.05) is 68.4 Å². The molecule has 0 spiro atoms. The number of carbonyl (C=O) groups excluding carboxylic acids is 1. The Balaban J connectivity index is 1.66. The Labute approximate surface area is 195 Å². The van der Waals surface area contributed by atoms with Crippen LogP contribution in [-0.2, 0) is 11.3 Å². The fourth-order valence-corrected chi connectivity index (χ4v) is 3.76. The van der Waals surface area contributed by atoms with E-state index in [1.54, 1.807) is 18.5 Å². The number of aromatic nitrogens is 1. The van der Waals surface area contributed by atoms with Gasteiger partial charge in [0.15, 0.2) is 0 Å². The number of nitrogens with zero attached hydrogens (tertiary/aromatic N) is 1. The number of ether oxygens (including phenoxy) is 1. The minimum atomic E-state index is -0.184. The van der Waals surface area contributed by atoms with Crippen LogP contribution < -0.4 is 10.1 Å². The summed E-state index contributed by atoms with van der Waals surface area (Å²) in [6.45, 7) is 4.72. The van der Waals surface area contributed by atoms with Gasteiger partial charge in [0.05, 0.1) is 25.1 Å². The third-order valence-electron chi connectivity index (χ3n) is 5.07. The van der Waals surface area contributed by atoms with E-state index >= 15 is 0 Å². The molecule has 2 aromatic heterocycles. The molecule has 0 atom stereocenters. The predicted octanol–water partition coefficient (Wildman–Crippen LogP) is 6.38. The first kappa shape index (κ1) is 21.8. The number of furan rings is 1. The number of benzene rings is 2. The first-order valence-corrected chi connectivity index (χ1v) is 11.1. The summed E-state index contributed by atoms with van der Waals surface area (Å²) in [6, 6.07) is 17.6. The van der Waals surface area contributed by atoms with Gasteiger partial charge in [0, 0.05) is 39.3 Å². The van der Waals surface area contributed by atoms with Gasteiger partial charge in [-0.2, -0.15) is 0 Å². The fourth-order valence-electron chi connectivity index (χ4n) is 3.50. The molecule has 0 fully saturated rings. The van der Waals surface area contributed by atoms with Gasteiger partial charge in [-0.25, -0.2) is 0 Å². The number of carbonyl (C=O) groups is 1. The molecule has 0 aliphatic carbocycles. The summed E-state index contributed by atoms with van der Waals surface area (Å²) in [4.78, 5) is 16.8. The second-order valence-electron chi connectivity index (χ2n) is 7.30. The third-order valence-corrected chi connectivity index (χ3v) is 5.60. The molecule has 0 aliphatic rings. The maximum atomic E-state index is 12.5. The lowest BCUT2D eigenvalue weighted by atomic mass is 9.99. The fraction of sp³-hybridized carbons (Fsp3) is 0.154. The van der Waals surface area contributed by atoms with Crippen LogP contribution in [0, 0.1) is 0 Å². The van der Waals surface area contributed by atoms with Gasteiger partial charge >= 0.3 is 0 Å². The monoisotopic (exact) mass is 490 g/mol. The minimum Gasteiger partial charge on any atom is -0.493 e. The SMILES string of the molecule is CCOc1cc2occ(-c3ccc(Br)cc3)c2cc1/C(C)=C/C(=O)NCc1ccccn1. The highest BCUT2D eigenvalue weighted by Gasteiger charge is 2.15. The highest BCUT2D eigenvalue weighted by atomic mass is 79.9. The molecule has 4 rings (SSSR count). The Morgan fingerprint density at radius 3 is 2.72 bits per heavy atom. The van der Waals surface area contributed by atoms with Crippen molar-refractivity contribution in [3.05, 3.63) is 88.9 Å². The summed E-state index contributed by atoms with van der Waals surface area (Å²) >= 11 is 3.48. The highest BCUT2D eigenvalue weighted by Crippen LogP contribution is 2.37. The van der Waals surface area contributed by atoms with Crippen molar-refractivity contribution in [3.8, 4) is 16.9 Å². The molecule has 0 radical (unpaired) electrons. The van der Waals surface area contributed by atoms with Crippen molar-refractivity contribution in [1.29, 1.82) is 0 Å². The standard InChI is InChI=1S/C26H23BrN2O3/c1-3-31-24-14-25-22(23(16-32-25)18-7-9-19(27)10-8-18)13-21(24)17(2)12-26(30)29-15-20-6-4-5-11-28-20/h4-14,16H,3,15H2,1-2H3,(H,29,30)/b17-12+. The van der Waals surface area contributed by atoms with Crippen LogP contribution in [0.1, 0.15) is 25.1 Å². The van der Waals surface area contributed by atoms with E-state index < -0.39 is 0 Å². The molecular formula is C26H23BrN2O3. The van der Waals surface area contributed by atoms with E-state index in [4.69, 9.17) is 9.15 Å². The molecule has 6 heteroatoms. The van der Waals surface area contributed by atoms with Crippen LogP contribution in [0.2, 0.25) is 0 Å². The molecular weight excluding hydrogens is 468 g/mol. The number of hydrogen-bond acceptors (Lipinski definition) is 4. The maximum Gasteiger partial charge on any atom is 0.244 e. The number of pyridine rings is 1. The molecule has 32 heavy (non-hydrogen) atoms. The lowest BCUT2D eigenvalue weighted by molar-refractivity contribution is -0.116. The topological polar surface area (TPSA) is 64.4 Å². The van der Waals surface area contributed by atoms with E-state index in [1.165, 1.54) is 0 Å². The van der Waals surface area contributed by atoms with Crippen molar-refractivity contribution in [2.24, 2.45) is 0 Å². The molecule has 162 valence electrons. The largest absolute Gasteiger partial charge is 0.493 e. The van der Waals surface area contributed by atoms with Gasteiger partial charge in [-0.15, -0.1) is 0 Å². The molecule has 2 heterocycles. The van der Waals surface area contributed by atoms with Gasteiger partial charge < -0.3 is 14.5 Å². The normalized spacial score (nSPS) is 11.5. The molecule has 1 N–H and O–H groups in total. The summed E-state index contributed by atoms with van der Waals surface area (Å²) in [5, 5.41) is 3.85. The van der Waals surface area contributed by atoms with Crippen LogP contribution in [0.3, 0.4) is 0 Å². The van der Waals surface area contributed by atoms with Crippen molar-refractivity contribution >= 4 is 38.4 Å². The highest BCUT2D eigenvalue weighted by molar-refractivity contribution is 9.10. The van der Waals surface area contributed by atoms with Crippen molar-refractivity contribution in [2.75, 3.05) is 6.61 Å². The zero-order chi connectivity index (χ0) is 22.5. The van der Waals surface area contributed by atoms with Crippen molar-refractivity contribution in [2.45, 2.75) is 20.4 Å².